The molecule has 3 aromatic carbocycles. The van der Waals surface area contributed by atoms with Gasteiger partial charge >= 0.3 is 0 Å². The first kappa shape index (κ1) is 21.0. The van der Waals surface area contributed by atoms with Gasteiger partial charge in [-0.15, -0.1) is 0 Å². The van der Waals surface area contributed by atoms with Crippen LogP contribution in [0.4, 0.5) is 5.69 Å². The number of anilines is 1. The number of hydrogen-bond donors (Lipinski definition) is 2. The number of benzene rings is 3. The van der Waals surface area contributed by atoms with Crippen LogP contribution in [0.2, 0.25) is 0 Å². The second kappa shape index (κ2) is 10.8. The predicted octanol–water partition coefficient (Wildman–Crippen LogP) is 4.01. The maximum atomic E-state index is 12.2. The van der Waals surface area contributed by atoms with E-state index in [1.807, 2.05) is 72.8 Å². The van der Waals surface area contributed by atoms with Gasteiger partial charge in [-0.1, -0.05) is 48.5 Å². The van der Waals surface area contributed by atoms with Crippen LogP contribution in [0, 0.1) is 0 Å². The Hall–Kier alpha value is -3.67. The number of rotatable bonds is 10. The maximum absolute atomic E-state index is 12.2. The van der Waals surface area contributed by atoms with Crippen LogP contribution in [0.1, 0.15) is 11.1 Å². The van der Waals surface area contributed by atoms with E-state index in [1.54, 1.807) is 14.2 Å². The number of hydrogen-bond acceptors (Lipinski definition) is 5. The Morgan fingerprint density at radius 3 is 2.30 bits per heavy atom. The molecule has 6 heteroatoms. The average molecular weight is 406 g/mol. The number of carbonyl (C=O) groups excluding carboxylic acids is 1. The highest BCUT2D eigenvalue weighted by molar-refractivity contribution is 5.81. The maximum Gasteiger partial charge on any atom is 0.239 e. The number of carbonyl (C=O) groups is 1. The molecule has 0 aliphatic heterocycles. The summed E-state index contributed by atoms with van der Waals surface area (Å²) in [5.74, 6) is 1.87. The standard InChI is InChI=1S/C24H26N2O4/c1-28-21-11-7-6-10-20(21)25-16-24(27)26-15-19-12-13-22(23(14-19)29-2)30-17-18-8-4-3-5-9-18/h3-14,25H,15-17H2,1-2H3,(H,26,27). The normalized spacial score (nSPS) is 10.2. The zero-order chi connectivity index (χ0) is 21.2. The van der Waals surface area contributed by atoms with Crippen molar-refractivity contribution in [3.8, 4) is 17.2 Å². The van der Waals surface area contributed by atoms with E-state index in [0.29, 0.717) is 30.4 Å². The molecule has 30 heavy (non-hydrogen) atoms. The fraction of sp³-hybridized carbons (Fsp3) is 0.208. The Labute approximate surface area is 176 Å². The summed E-state index contributed by atoms with van der Waals surface area (Å²) in [7, 11) is 3.20. The molecule has 0 saturated heterocycles. The lowest BCUT2D eigenvalue weighted by Crippen LogP contribution is -2.29. The minimum absolute atomic E-state index is 0.121. The van der Waals surface area contributed by atoms with Crippen LogP contribution in [-0.2, 0) is 17.9 Å². The molecule has 1 amide bonds. The number of para-hydroxylation sites is 2. The third kappa shape index (κ3) is 5.91. The summed E-state index contributed by atoms with van der Waals surface area (Å²) in [4.78, 5) is 12.2. The van der Waals surface area contributed by atoms with E-state index in [-0.39, 0.29) is 12.5 Å². The van der Waals surface area contributed by atoms with Crippen LogP contribution in [0.25, 0.3) is 0 Å². The number of methoxy groups -OCH3 is 2. The summed E-state index contributed by atoms with van der Waals surface area (Å²) >= 11 is 0. The second-order valence-corrected chi connectivity index (χ2v) is 6.59. The Morgan fingerprint density at radius 1 is 0.800 bits per heavy atom. The lowest BCUT2D eigenvalue weighted by Gasteiger charge is -2.13. The number of amides is 1. The van der Waals surface area contributed by atoms with Crippen molar-refractivity contribution < 1.29 is 19.0 Å². The lowest BCUT2D eigenvalue weighted by molar-refractivity contribution is -0.119. The van der Waals surface area contributed by atoms with E-state index in [0.717, 1.165) is 16.8 Å². The van der Waals surface area contributed by atoms with E-state index < -0.39 is 0 Å². The molecule has 0 spiro atoms. The van der Waals surface area contributed by atoms with Crippen molar-refractivity contribution in [2.24, 2.45) is 0 Å². The van der Waals surface area contributed by atoms with E-state index >= 15 is 0 Å². The third-order valence-electron chi connectivity index (χ3n) is 4.50. The Bertz CT molecular complexity index is 960. The summed E-state index contributed by atoms with van der Waals surface area (Å²) in [5, 5.41) is 5.98. The van der Waals surface area contributed by atoms with Gasteiger partial charge in [-0.3, -0.25) is 4.79 Å². The molecule has 0 fully saturated rings. The zero-order valence-electron chi connectivity index (χ0n) is 17.2. The van der Waals surface area contributed by atoms with Crippen molar-refractivity contribution >= 4 is 11.6 Å². The van der Waals surface area contributed by atoms with Crippen molar-refractivity contribution in [2.45, 2.75) is 13.2 Å². The van der Waals surface area contributed by atoms with Gasteiger partial charge in [0.2, 0.25) is 5.91 Å². The molecule has 0 aliphatic carbocycles. The summed E-state index contributed by atoms with van der Waals surface area (Å²) in [5.41, 5.74) is 2.78. The summed E-state index contributed by atoms with van der Waals surface area (Å²) in [6.07, 6.45) is 0. The SMILES string of the molecule is COc1ccccc1NCC(=O)NCc1ccc(OCc2ccccc2)c(OC)c1. The predicted molar refractivity (Wildman–Crippen MR) is 117 cm³/mol. The minimum atomic E-state index is -0.121. The first-order valence-electron chi connectivity index (χ1n) is 9.67. The quantitative estimate of drug-likeness (QED) is 0.532. The van der Waals surface area contributed by atoms with Crippen LogP contribution in [0.15, 0.2) is 72.8 Å². The molecule has 0 aliphatic rings. The molecule has 0 unspecified atom stereocenters. The van der Waals surface area contributed by atoms with E-state index in [9.17, 15) is 4.79 Å². The fourth-order valence-corrected chi connectivity index (χ4v) is 2.91. The van der Waals surface area contributed by atoms with Crippen LogP contribution in [0.3, 0.4) is 0 Å². The monoisotopic (exact) mass is 406 g/mol. The largest absolute Gasteiger partial charge is 0.495 e. The van der Waals surface area contributed by atoms with Crippen molar-refractivity contribution in [1.82, 2.24) is 5.32 Å². The Morgan fingerprint density at radius 2 is 1.53 bits per heavy atom. The molecule has 3 rings (SSSR count). The zero-order valence-corrected chi connectivity index (χ0v) is 17.2. The molecular formula is C24H26N2O4. The average Bonchev–Trinajstić information content (AvgIpc) is 2.81. The highest BCUT2D eigenvalue weighted by Crippen LogP contribution is 2.29. The number of nitrogens with one attached hydrogen (secondary N) is 2. The summed E-state index contributed by atoms with van der Waals surface area (Å²) in [6.45, 7) is 0.999. The Balaban J connectivity index is 1.51. The second-order valence-electron chi connectivity index (χ2n) is 6.59. The molecule has 0 atom stereocenters. The highest BCUT2D eigenvalue weighted by Gasteiger charge is 2.08. The van der Waals surface area contributed by atoms with Gasteiger partial charge in [-0.2, -0.15) is 0 Å². The van der Waals surface area contributed by atoms with Gasteiger partial charge in [0.15, 0.2) is 11.5 Å². The molecule has 3 aromatic rings. The van der Waals surface area contributed by atoms with Crippen molar-refractivity contribution in [3.63, 3.8) is 0 Å². The number of ether oxygens (including phenoxy) is 3. The third-order valence-corrected chi connectivity index (χ3v) is 4.50. The molecule has 0 bridgehead atoms. The van der Waals surface area contributed by atoms with Crippen LogP contribution < -0.4 is 24.8 Å². The van der Waals surface area contributed by atoms with Gasteiger partial charge in [0.1, 0.15) is 12.4 Å². The molecule has 156 valence electrons. The van der Waals surface area contributed by atoms with Gasteiger partial charge in [0.25, 0.3) is 0 Å². The van der Waals surface area contributed by atoms with Crippen molar-refractivity contribution in [2.75, 3.05) is 26.1 Å². The lowest BCUT2D eigenvalue weighted by atomic mass is 10.2. The molecule has 0 aromatic heterocycles. The summed E-state index contributed by atoms with van der Waals surface area (Å²) in [6, 6.07) is 23.1. The molecular weight excluding hydrogens is 380 g/mol. The molecule has 0 radical (unpaired) electrons. The first-order valence-corrected chi connectivity index (χ1v) is 9.67. The van der Waals surface area contributed by atoms with Gasteiger partial charge < -0.3 is 24.8 Å². The fourth-order valence-electron chi connectivity index (χ4n) is 2.91. The smallest absolute Gasteiger partial charge is 0.239 e. The minimum Gasteiger partial charge on any atom is -0.495 e. The molecule has 2 N–H and O–H groups in total. The first-order chi connectivity index (χ1) is 14.7. The highest BCUT2D eigenvalue weighted by atomic mass is 16.5. The van der Waals surface area contributed by atoms with Crippen LogP contribution >= 0.6 is 0 Å². The van der Waals surface area contributed by atoms with E-state index in [2.05, 4.69) is 10.6 Å². The topological polar surface area (TPSA) is 68.8 Å². The van der Waals surface area contributed by atoms with Gasteiger partial charge in [-0.05, 0) is 35.4 Å². The molecule has 0 saturated carbocycles. The Kier molecular flexibility index (Phi) is 7.55. The molecule has 0 heterocycles. The van der Waals surface area contributed by atoms with E-state index in [1.165, 1.54) is 0 Å². The molecule has 6 nitrogen and oxygen atoms in total. The van der Waals surface area contributed by atoms with Gasteiger partial charge in [-0.25, -0.2) is 0 Å². The summed E-state index contributed by atoms with van der Waals surface area (Å²) < 4.78 is 16.6. The van der Waals surface area contributed by atoms with Crippen molar-refractivity contribution in [1.29, 1.82) is 0 Å². The van der Waals surface area contributed by atoms with Crippen LogP contribution in [0.5, 0.6) is 17.2 Å². The van der Waals surface area contributed by atoms with Gasteiger partial charge in [0, 0.05) is 6.54 Å². The van der Waals surface area contributed by atoms with Gasteiger partial charge in [0.05, 0.1) is 26.5 Å². The van der Waals surface area contributed by atoms with Crippen LogP contribution in [-0.4, -0.2) is 26.7 Å². The van der Waals surface area contributed by atoms with E-state index in [4.69, 9.17) is 14.2 Å². The van der Waals surface area contributed by atoms with Crippen molar-refractivity contribution in [3.05, 3.63) is 83.9 Å².